The lowest BCUT2D eigenvalue weighted by Gasteiger charge is -2.36. The first kappa shape index (κ1) is 27.5. The highest BCUT2D eigenvalue weighted by Crippen LogP contribution is 2.41. The summed E-state index contributed by atoms with van der Waals surface area (Å²) in [7, 11) is 0. The van der Waals surface area contributed by atoms with Gasteiger partial charge in [0.15, 0.2) is 0 Å². The Hall–Kier alpha value is -4.08. The molecule has 3 N–H and O–H groups in total. The van der Waals surface area contributed by atoms with Crippen LogP contribution in [0.1, 0.15) is 61.6 Å². The second-order valence-electron chi connectivity index (χ2n) is 11.3. The van der Waals surface area contributed by atoms with E-state index >= 15 is 0 Å². The highest BCUT2D eigenvalue weighted by molar-refractivity contribution is 6.06. The number of hydrogen-bond acceptors (Lipinski definition) is 6. The van der Waals surface area contributed by atoms with Crippen molar-refractivity contribution < 1.29 is 23.5 Å². The summed E-state index contributed by atoms with van der Waals surface area (Å²) in [6, 6.07) is 6.49. The maximum atomic E-state index is 14.4. The number of likely N-dealkylation sites (tertiary alicyclic amines) is 1. The van der Waals surface area contributed by atoms with Crippen molar-refractivity contribution in [2.24, 2.45) is 0 Å². The van der Waals surface area contributed by atoms with E-state index in [1.54, 1.807) is 36.4 Å². The number of hydrogen-bond donors (Lipinski definition) is 3. The number of piperidine rings is 1. The first-order valence-corrected chi connectivity index (χ1v) is 13.7. The third kappa shape index (κ3) is 5.76. The van der Waals surface area contributed by atoms with Crippen LogP contribution in [0.15, 0.2) is 36.7 Å². The minimum Gasteiger partial charge on any atom is -0.489 e. The molecule has 2 aromatic heterocycles. The minimum absolute atomic E-state index is 0.146. The number of carbonyl (C=O) groups excluding carboxylic acids is 2. The topological polar surface area (TPSA) is 109 Å². The summed E-state index contributed by atoms with van der Waals surface area (Å²) in [5, 5.41) is 6.22. The number of amides is 2. The fourth-order valence-electron chi connectivity index (χ4n) is 5.21. The van der Waals surface area contributed by atoms with Gasteiger partial charge in [-0.25, -0.2) is 9.18 Å². The van der Waals surface area contributed by atoms with Crippen LogP contribution in [0.5, 0.6) is 5.75 Å². The Kier molecular flexibility index (Phi) is 7.69. The Labute approximate surface area is 233 Å². The lowest BCUT2D eigenvalue weighted by Crippen LogP contribution is -2.48. The summed E-state index contributed by atoms with van der Waals surface area (Å²) in [6.07, 6.45) is 6.29. The predicted octanol–water partition coefficient (Wildman–Crippen LogP) is 5.72. The van der Waals surface area contributed by atoms with E-state index in [-0.39, 0.29) is 30.5 Å². The number of aromatic amines is 1. The van der Waals surface area contributed by atoms with Crippen LogP contribution in [-0.4, -0.2) is 58.2 Å². The number of anilines is 2. The van der Waals surface area contributed by atoms with E-state index in [0.29, 0.717) is 59.0 Å². The maximum Gasteiger partial charge on any atom is 0.410 e. The van der Waals surface area contributed by atoms with Gasteiger partial charge in [-0.2, -0.15) is 0 Å². The van der Waals surface area contributed by atoms with Gasteiger partial charge in [0.1, 0.15) is 23.8 Å². The Morgan fingerprint density at radius 3 is 2.88 bits per heavy atom. The van der Waals surface area contributed by atoms with Gasteiger partial charge in [0.25, 0.3) is 5.91 Å². The molecule has 40 heavy (non-hydrogen) atoms. The third-order valence-electron chi connectivity index (χ3n) is 7.23. The van der Waals surface area contributed by atoms with Gasteiger partial charge >= 0.3 is 6.09 Å². The van der Waals surface area contributed by atoms with Crippen molar-refractivity contribution in [2.45, 2.75) is 65.0 Å². The van der Waals surface area contributed by atoms with Crippen molar-refractivity contribution in [3.63, 3.8) is 0 Å². The Morgan fingerprint density at radius 2 is 2.08 bits per heavy atom. The van der Waals surface area contributed by atoms with Crippen molar-refractivity contribution in [3.05, 3.63) is 59.3 Å². The van der Waals surface area contributed by atoms with Crippen LogP contribution in [0, 0.1) is 12.7 Å². The van der Waals surface area contributed by atoms with E-state index in [9.17, 15) is 14.0 Å². The number of carbonyl (C=O) groups is 2. The molecule has 2 amide bonds. The number of benzene rings is 1. The Balaban J connectivity index is 1.47. The largest absolute Gasteiger partial charge is 0.489 e. The van der Waals surface area contributed by atoms with Crippen LogP contribution >= 0.6 is 0 Å². The van der Waals surface area contributed by atoms with Gasteiger partial charge in [0, 0.05) is 48.2 Å². The zero-order valence-electron chi connectivity index (χ0n) is 23.4. The molecule has 0 spiro atoms. The zero-order valence-corrected chi connectivity index (χ0v) is 23.4. The molecule has 0 aliphatic carbocycles. The first-order valence-electron chi connectivity index (χ1n) is 13.7. The summed E-state index contributed by atoms with van der Waals surface area (Å²) in [5.41, 5.74) is 3.61. The van der Waals surface area contributed by atoms with Crippen LogP contribution in [0.2, 0.25) is 0 Å². The summed E-state index contributed by atoms with van der Waals surface area (Å²) >= 11 is 0. The van der Waals surface area contributed by atoms with Crippen molar-refractivity contribution in [2.75, 3.05) is 25.0 Å². The van der Waals surface area contributed by atoms with Gasteiger partial charge in [-0.15, -0.1) is 0 Å². The average molecular weight is 550 g/mol. The van der Waals surface area contributed by atoms with Crippen LogP contribution in [0.25, 0.3) is 11.3 Å². The Bertz CT molecular complexity index is 1410. The molecule has 0 bridgehead atoms. The summed E-state index contributed by atoms with van der Waals surface area (Å²) < 4.78 is 26.3. The minimum atomic E-state index is -0.584. The molecule has 4 heterocycles. The molecule has 9 nitrogen and oxygen atoms in total. The second-order valence-corrected chi connectivity index (χ2v) is 11.3. The zero-order chi connectivity index (χ0) is 28.4. The van der Waals surface area contributed by atoms with Crippen molar-refractivity contribution in [3.8, 4) is 17.0 Å². The Morgan fingerprint density at radius 1 is 1.25 bits per heavy atom. The van der Waals surface area contributed by atoms with Gasteiger partial charge in [-0.3, -0.25) is 9.78 Å². The maximum absolute atomic E-state index is 14.4. The number of halogens is 1. The van der Waals surface area contributed by atoms with E-state index in [4.69, 9.17) is 9.47 Å². The standard InChI is InChI=1S/C30H36FN5O4/c1-18-21(31)9-7-10-22(18)34-27-25-23(12-14-33-28(25)37)35-26(27)20-11-13-32-16-24(20)39-17-19-8-5-6-15-36(19)29(38)40-30(2,3)4/h7,9-11,13,16,19,34-35H,5-6,8,12,14-15,17H2,1-4H3,(H,33,37)/t19-/m0/s1. The van der Waals surface area contributed by atoms with Crippen molar-refractivity contribution >= 4 is 23.4 Å². The lowest BCUT2D eigenvalue weighted by molar-refractivity contribution is 0.00362. The van der Waals surface area contributed by atoms with Gasteiger partial charge in [0.05, 0.1) is 29.2 Å². The van der Waals surface area contributed by atoms with E-state index < -0.39 is 5.60 Å². The van der Waals surface area contributed by atoms with Crippen LogP contribution in [-0.2, 0) is 11.2 Å². The highest BCUT2D eigenvalue weighted by Gasteiger charge is 2.32. The number of nitrogens with one attached hydrogen (secondary N) is 3. The predicted molar refractivity (Wildman–Crippen MR) is 151 cm³/mol. The number of nitrogens with zero attached hydrogens (tertiary/aromatic N) is 2. The van der Waals surface area contributed by atoms with Crippen molar-refractivity contribution in [1.82, 2.24) is 20.2 Å². The van der Waals surface area contributed by atoms with Crippen molar-refractivity contribution in [1.29, 1.82) is 0 Å². The molecule has 5 rings (SSSR count). The lowest BCUT2D eigenvalue weighted by atomic mass is 10.0. The van der Waals surface area contributed by atoms with E-state index in [1.165, 1.54) is 6.07 Å². The SMILES string of the molecule is Cc1c(F)cccc1Nc1c(-c2ccncc2OC[C@@H]2CCCCN2C(=O)OC(C)(C)C)[nH]c2c1C(=O)NCC2. The van der Waals surface area contributed by atoms with Gasteiger partial charge in [-0.05, 0) is 65.2 Å². The number of fused-ring (bicyclic) bond motifs is 1. The molecule has 2 aliphatic rings. The average Bonchev–Trinajstić information content (AvgIpc) is 3.28. The van der Waals surface area contributed by atoms with E-state index in [2.05, 4.69) is 20.6 Å². The number of rotatable bonds is 6. The molecule has 10 heteroatoms. The molecule has 1 atom stereocenters. The number of H-pyrrole nitrogens is 1. The molecule has 0 unspecified atom stereocenters. The molecule has 0 saturated carbocycles. The number of pyridine rings is 1. The molecule has 1 fully saturated rings. The molecule has 0 radical (unpaired) electrons. The van der Waals surface area contributed by atoms with Gasteiger partial charge in [0.2, 0.25) is 0 Å². The summed E-state index contributed by atoms with van der Waals surface area (Å²) in [6.45, 7) is 8.66. The van der Waals surface area contributed by atoms with E-state index in [0.717, 1.165) is 25.0 Å². The molecule has 3 aromatic rings. The highest BCUT2D eigenvalue weighted by atomic mass is 19.1. The fraction of sp³-hybridized carbons (Fsp3) is 0.433. The van der Waals surface area contributed by atoms with Gasteiger partial charge < -0.3 is 30.0 Å². The van der Waals surface area contributed by atoms with Gasteiger partial charge in [-0.1, -0.05) is 6.07 Å². The monoisotopic (exact) mass is 549 g/mol. The second kappa shape index (κ2) is 11.2. The fourth-order valence-corrected chi connectivity index (χ4v) is 5.21. The smallest absolute Gasteiger partial charge is 0.410 e. The summed E-state index contributed by atoms with van der Waals surface area (Å²) in [4.78, 5) is 35.3. The quantitative estimate of drug-likeness (QED) is 0.363. The molecular formula is C30H36FN5O4. The molecular weight excluding hydrogens is 513 g/mol. The molecule has 2 aliphatic heterocycles. The summed E-state index contributed by atoms with van der Waals surface area (Å²) in [5.74, 6) is -0.0300. The molecule has 1 aromatic carbocycles. The number of ether oxygens (including phenoxy) is 2. The molecule has 212 valence electrons. The van der Waals surface area contributed by atoms with E-state index in [1.807, 2.05) is 26.8 Å². The van der Waals surface area contributed by atoms with Crippen LogP contribution in [0.3, 0.4) is 0 Å². The third-order valence-corrected chi connectivity index (χ3v) is 7.23. The number of aromatic nitrogens is 2. The first-order chi connectivity index (χ1) is 19.1. The normalized spacial score (nSPS) is 17.2. The van der Waals surface area contributed by atoms with Crippen LogP contribution in [0.4, 0.5) is 20.6 Å². The van der Waals surface area contributed by atoms with Crippen LogP contribution < -0.4 is 15.4 Å². The molecule has 1 saturated heterocycles.